The summed E-state index contributed by atoms with van der Waals surface area (Å²) in [5, 5.41) is 3.33. The van der Waals surface area contributed by atoms with Crippen molar-refractivity contribution in [1.29, 1.82) is 0 Å². The van der Waals surface area contributed by atoms with Crippen LogP contribution in [0.1, 0.15) is 12.5 Å². The van der Waals surface area contributed by atoms with Crippen LogP contribution in [0, 0.1) is 0 Å². The van der Waals surface area contributed by atoms with Gasteiger partial charge in [0, 0.05) is 12.1 Å². The fourth-order valence-corrected chi connectivity index (χ4v) is 1.70. The Balaban J connectivity index is 2.26. The summed E-state index contributed by atoms with van der Waals surface area (Å²) < 4.78 is 4.91. The summed E-state index contributed by atoms with van der Waals surface area (Å²) in [5.74, 6) is -0.0938. The van der Waals surface area contributed by atoms with Gasteiger partial charge in [0.25, 0.3) is 5.91 Å². The van der Waals surface area contributed by atoms with Crippen LogP contribution in [0.2, 0.25) is 0 Å². The molecule has 0 saturated carbocycles. The highest BCUT2D eigenvalue weighted by Gasteiger charge is 2.28. The summed E-state index contributed by atoms with van der Waals surface area (Å²) in [6.07, 6.45) is 4.84. The van der Waals surface area contributed by atoms with Gasteiger partial charge in [-0.1, -0.05) is 0 Å². The molecule has 1 saturated heterocycles. The third-order valence-electron chi connectivity index (χ3n) is 2.13. The van der Waals surface area contributed by atoms with Crippen LogP contribution in [0.25, 0.3) is 6.08 Å². The first kappa shape index (κ1) is 9.92. The number of nitrogens with one attached hydrogen (secondary N) is 1. The SMILES string of the molecule is CCN1C(=O)/C(=C/c2ccoc2)NC1=S. The Kier molecular flexibility index (Phi) is 2.55. The molecule has 1 aliphatic heterocycles. The first-order valence-electron chi connectivity index (χ1n) is 4.59. The molecule has 0 atom stereocenters. The van der Waals surface area contributed by atoms with Crippen molar-refractivity contribution in [2.45, 2.75) is 6.92 Å². The van der Waals surface area contributed by atoms with E-state index >= 15 is 0 Å². The summed E-state index contributed by atoms with van der Waals surface area (Å²) in [5.41, 5.74) is 1.33. The van der Waals surface area contributed by atoms with Gasteiger partial charge in [0.2, 0.25) is 0 Å². The molecule has 0 spiro atoms. The number of thiocarbonyl (C=S) groups is 1. The molecule has 0 aliphatic carbocycles. The molecule has 0 radical (unpaired) electrons. The Morgan fingerprint density at radius 1 is 1.67 bits per heavy atom. The molecule has 1 aliphatic rings. The van der Waals surface area contributed by atoms with Crippen molar-refractivity contribution in [3.8, 4) is 0 Å². The molecule has 0 aromatic carbocycles. The molecule has 1 amide bonds. The molecular weight excluding hydrogens is 212 g/mol. The lowest BCUT2D eigenvalue weighted by Gasteiger charge is -2.08. The van der Waals surface area contributed by atoms with E-state index in [0.717, 1.165) is 5.56 Å². The highest BCUT2D eigenvalue weighted by atomic mass is 32.1. The van der Waals surface area contributed by atoms with Gasteiger partial charge in [0.05, 0.1) is 12.5 Å². The van der Waals surface area contributed by atoms with E-state index in [4.69, 9.17) is 16.6 Å². The van der Waals surface area contributed by atoms with Gasteiger partial charge in [0.15, 0.2) is 5.11 Å². The van der Waals surface area contributed by atoms with Crippen molar-refractivity contribution >= 4 is 29.3 Å². The lowest BCUT2D eigenvalue weighted by Crippen LogP contribution is -2.30. The van der Waals surface area contributed by atoms with Gasteiger partial charge in [-0.15, -0.1) is 0 Å². The number of furan rings is 1. The molecule has 1 fully saturated rings. The van der Waals surface area contributed by atoms with Gasteiger partial charge in [0.1, 0.15) is 5.70 Å². The molecule has 0 unspecified atom stereocenters. The summed E-state index contributed by atoms with van der Waals surface area (Å²) in [4.78, 5) is 13.3. The van der Waals surface area contributed by atoms with Gasteiger partial charge < -0.3 is 9.73 Å². The second-order valence-corrected chi connectivity index (χ2v) is 3.48. The number of hydrogen-bond donors (Lipinski definition) is 1. The monoisotopic (exact) mass is 222 g/mol. The van der Waals surface area contributed by atoms with Crippen molar-refractivity contribution in [1.82, 2.24) is 10.2 Å². The zero-order chi connectivity index (χ0) is 10.8. The molecule has 4 nitrogen and oxygen atoms in total. The summed E-state index contributed by atoms with van der Waals surface area (Å²) in [7, 11) is 0. The fraction of sp³-hybridized carbons (Fsp3) is 0.200. The van der Waals surface area contributed by atoms with E-state index in [2.05, 4.69) is 5.32 Å². The van der Waals surface area contributed by atoms with Crippen LogP contribution in [0.15, 0.2) is 28.7 Å². The number of rotatable bonds is 2. The summed E-state index contributed by atoms with van der Waals surface area (Å²) in [6.45, 7) is 2.46. The number of nitrogens with zero attached hydrogens (tertiary/aromatic N) is 1. The van der Waals surface area contributed by atoms with E-state index in [1.165, 1.54) is 4.90 Å². The van der Waals surface area contributed by atoms with Crippen molar-refractivity contribution < 1.29 is 9.21 Å². The molecule has 2 heterocycles. The topological polar surface area (TPSA) is 45.5 Å². The lowest BCUT2D eigenvalue weighted by molar-refractivity contribution is -0.122. The number of carbonyl (C=O) groups excluding carboxylic acids is 1. The standard InChI is InChI=1S/C10H10N2O2S/c1-2-12-9(13)8(11-10(12)15)5-7-3-4-14-6-7/h3-6H,2H2,1H3,(H,11,15)/b8-5-. The van der Waals surface area contributed by atoms with Crippen LogP contribution >= 0.6 is 12.2 Å². The second-order valence-electron chi connectivity index (χ2n) is 3.09. The molecule has 1 aromatic rings. The first-order valence-corrected chi connectivity index (χ1v) is 5.00. The van der Waals surface area contributed by atoms with Gasteiger partial charge in [-0.3, -0.25) is 9.69 Å². The lowest BCUT2D eigenvalue weighted by atomic mass is 10.2. The van der Waals surface area contributed by atoms with E-state index < -0.39 is 0 Å². The molecule has 78 valence electrons. The maximum absolute atomic E-state index is 11.8. The van der Waals surface area contributed by atoms with Gasteiger partial charge in [-0.25, -0.2) is 0 Å². The van der Waals surface area contributed by atoms with Crippen molar-refractivity contribution in [2.24, 2.45) is 0 Å². The van der Waals surface area contributed by atoms with Crippen LogP contribution in [-0.2, 0) is 4.79 Å². The summed E-state index contributed by atoms with van der Waals surface area (Å²) >= 11 is 5.02. The van der Waals surface area contributed by atoms with Gasteiger partial charge >= 0.3 is 0 Å². The van der Waals surface area contributed by atoms with Crippen LogP contribution in [0.3, 0.4) is 0 Å². The molecule has 5 heteroatoms. The van der Waals surface area contributed by atoms with E-state index in [1.54, 1.807) is 24.7 Å². The van der Waals surface area contributed by atoms with Crippen LogP contribution in [0.5, 0.6) is 0 Å². The molecular formula is C10H10N2O2S. The Bertz CT molecular complexity index is 423. The zero-order valence-corrected chi connectivity index (χ0v) is 9.00. The smallest absolute Gasteiger partial charge is 0.276 e. The highest BCUT2D eigenvalue weighted by Crippen LogP contribution is 2.13. The number of likely N-dealkylation sites (N-methyl/N-ethyl adjacent to an activating group) is 1. The Morgan fingerprint density at radius 3 is 3.00 bits per heavy atom. The van der Waals surface area contributed by atoms with Crippen LogP contribution in [-0.4, -0.2) is 22.5 Å². The predicted octanol–water partition coefficient (Wildman–Crippen LogP) is 1.36. The maximum Gasteiger partial charge on any atom is 0.276 e. The normalized spacial score (nSPS) is 18.7. The van der Waals surface area contributed by atoms with Crippen molar-refractivity contribution in [2.75, 3.05) is 6.54 Å². The predicted molar refractivity (Wildman–Crippen MR) is 59.8 cm³/mol. The minimum Gasteiger partial charge on any atom is -0.472 e. The Morgan fingerprint density at radius 2 is 2.47 bits per heavy atom. The summed E-state index contributed by atoms with van der Waals surface area (Å²) in [6, 6.07) is 1.78. The molecule has 2 rings (SSSR count). The van der Waals surface area contributed by atoms with Crippen LogP contribution in [0.4, 0.5) is 0 Å². The quantitative estimate of drug-likeness (QED) is 0.606. The third-order valence-corrected chi connectivity index (χ3v) is 2.46. The van der Waals surface area contributed by atoms with Crippen LogP contribution < -0.4 is 5.32 Å². The molecule has 15 heavy (non-hydrogen) atoms. The molecule has 0 bridgehead atoms. The third kappa shape index (κ3) is 1.78. The fourth-order valence-electron chi connectivity index (χ4n) is 1.38. The van der Waals surface area contributed by atoms with Gasteiger partial charge in [-0.2, -0.15) is 0 Å². The van der Waals surface area contributed by atoms with Crippen molar-refractivity contribution in [3.05, 3.63) is 29.9 Å². The minimum atomic E-state index is -0.0938. The highest BCUT2D eigenvalue weighted by molar-refractivity contribution is 7.80. The number of hydrogen-bond acceptors (Lipinski definition) is 3. The Hall–Kier alpha value is -1.62. The number of carbonyl (C=O) groups is 1. The van der Waals surface area contributed by atoms with E-state index in [1.807, 2.05) is 6.92 Å². The maximum atomic E-state index is 11.8. The van der Waals surface area contributed by atoms with E-state index in [9.17, 15) is 4.79 Å². The first-order chi connectivity index (χ1) is 7.22. The second kappa shape index (κ2) is 3.86. The van der Waals surface area contributed by atoms with E-state index in [0.29, 0.717) is 17.4 Å². The van der Waals surface area contributed by atoms with Crippen molar-refractivity contribution in [3.63, 3.8) is 0 Å². The minimum absolute atomic E-state index is 0.0938. The molecule has 1 N–H and O–H groups in total. The average molecular weight is 222 g/mol. The van der Waals surface area contributed by atoms with E-state index in [-0.39, 0.29) is 5.91 Å². The number of amides is 1. The largest absolute Gasteiger partial charge is 0.472 e. The van der Waals surface area contributed by atoms with Gasteiger partial charge in [-0.05, 0) is 31.3 Å². The Labute approximate surface area is 92.5 Å². The molecule has 1 aromatic heterocycles. The zero-order valence-electron chi connectivity index (χ0n) is 8.19. The average Bonchev–Trinajstić information content (AvgIpc) is 2.78.